The van der Waals surface area contributed by atoms with Gasteiger partial charge in [-0.15, -0.1) is 0 Å². The van der Waals surface area contributed by atoms with Crippen LogP contribution in [0.1, 0.15) is 0 Å². The van der Waals surface area contributed by atoms with E-state index < -0.39 is 10.0 Å². The van der Waals surface area contributed by atoms with Crippen LogP contribution in [0.2, 0.25) is 0 Å². The van der Waals surface area contributed by atoms with Crippen LogP contribution in [0.3, 0.4) is 0 Å². The molecule has 0 aliphatic heterocycles. The Bertz CT molecular complexity index is 1550. The van der Waals surface area contributed by atoms with Gasteiger partial charge in [0.15, 0.2) is 11.6 Å². The summed E-state index contributed by atoms with van der Waals surface area (Å²) >= 11 is 0. The number of para-hydroxylation sites is 2. The average molecular weight is 438 g/mol. The summed E-state index contributed by atoms with van der Waals surface area (Å²) in [5.74, 6) is 0.465. The lowest BCUT2D eigenvalue weighted by Crippen LogP contribution is -2.16. The van der Waals surface area contributed by atoms with E-state index >= 15 is 0 Å². The fourth-order valence-corrected chi connectivity index (χ4v) is 4.47. The van der Waals surface area contributed by atoms with Gasteiger partial charge in [0.1, 0.15) is 7.85 Å². The number of hydrogen-bond acceptors (Lipinski definition) is 5. The molecule has 0 amide bonds. The van der Waals surface area contributed by atoms with E-state index in [1.807, 2.05) is 68.5 Å². The van der Waals surface area contributed by atoms with E-state index in [1.165, 1.54) is 0 Å². The largest absolute Gasteiger partial charge is 0.337 e. The van der Waals surface area contributed by atoms with Crippen molar-refractivity contribution in [3.05, 3.63) is 91.0 Å². The Kier molecular flexibility index (Phi) is 4.99. The maximum absolute atomic E-state index is 13.0. The van der Waals surface area contributed by atoms with Crippen LogP contribution in [0, 0.1) is 0 Å². The molecule has 0 bridgehead atoms. The molecule has 0 aliphatic carbocycles. The van der Waals surface area contributed by atoms with Crippen LogP contribution in [0.15, 0.2) is 95.9 Å². The Labute approximate surface area is 186 Å². The number of anilines is 3. The third kappa shape index (κ3) is 4.00. The summed E-state index contributed by atoms with van der Waals surface area (Å²) in [6.45, 7) is 0. The first kappa shape index (κ1) is 20.0. The lowest BCUT2D eigenvalue weighted by Gasteiger charge is -2.14. The minimum absolute atomic E-state index is 0.137. The highest BCUT2D eigenvalue weighted by molar-refractivity contribution is 7.92. The molecule has 32 heavy (non-hydrogen) atoms. The van der Waals surface area contributed by atoms with E-state index in [-0.39, 0.29) is 10.7 Å². The SMILES string of the molecule is Bc1ccc(S(=O)(=O)Nc2nc3ccccc3nc2Nc2ccc3ccccc3c2)cc1. The van der Waals surface area contributed by atoms with Crippen molar-refractivity contribution >= 4 is 62.5 Å². The van der Waals surface area contributed by atoms with Gasteiger partial charge in [-0.1, -0.05) is 60.1 Å². The van der Waals surface area contributed by atoms with Crippen LogP contribution in [-0.2, 0) is 10.0 Å². The molecule has 6 nitrogen and oxygen atoms in total. The molecular weight excluding hydrogens is 419 g/mol. The summed E-state index contributed by atoms with van der Waals surface area (Å²) < 4.78 is 28.7. The van der Waals surface area contributed by atoms with Crippen LogP contribution in [0.4, 0.5) is 17.3 Å². The summed E-state index contributed by atoms with van der Waals surface area (Å²) in [5.41, 5.74) is 3.02. The van der Waals surface area contributed by atoms with Gasteiger partial charge in [0.2, 0.25) is 0 Å². The van der Waals surface area contributed by atoms with Crippen LogP contribution in [-0.4, -0.2) is 26.2 Å². The summed E-state index contributed by atoms with van der Waals surface area (Å²) in [7, 11) is -1.93. The number of hydrogen-bond donors (Lipinski definition) is 2. The van der Waals surface area contributed by atoms with Gasteiger partial charge < -0.3 is 5.32 Å². The van der Waals surface area contributed by atoms with E-state index in [2.05, 4.69) is 20.0 Å². The molecule has 5 rings (SSSR count). The Hall–Kier alpha value is -3.91. The zero-order valence-corrected chi connectivity index (χ0v) is 18.1. The molecule has 0 saturated carbocycles. The third-order valence-corrected chi connectivity index (χ3v) is 6.50. The normalized spacial score (nSPS) is 11.5. The number of nitrogens with one attached hydrogen (secondary N) is 2. The molecule has 0 aliphatic rings. The molecule has 0 unspecified atom stereocenters. The molecule has 156 valence electrons. The van der Waals surface area contributed by atoms with Gasteiger partial charge in [-0.2, -0.15) is 0 Å². The molecular formula is C24H19BN4O2S. The van der Waals surface area contributed by atoms with Crippen molar-refractivity contribution in [2.75, 3.05) is 10.0 Å². The number of fused-ring (bicyclic) bond motifs is 2. The van der Waals surface area contributed by atoms with Crippen LogP contribution in [0.5, 0.6) is 0 Å². The number of rotatable bonds is 5. The Morgan fingerprint density at radius 1 is 0.688 bits per heavy atom. The second-order valence-corrected chi connectivity index (χ2v) is 9.20. The molecule has 1 aromatic heterocycles. The van der Waals surface area contributed by atoms with Crippen molar-refractivity contribution in [3.63, 3.8) is 0 Å². The Morgan fingerprint density at radius 2 is 1.31 bits per heavy atom. The Morgan fingerprint density at radius 3 is 2.03 bits per heavy atom. The molecule has 0 atom stereocenters. The lowest BCUT2D eigenvalue weighted by molar-refractivity contribution is 0.601. The van der Waals surface area contributed by atoms with Crippen molar-refractivity contribution in [3.8, 4) is 0 Å². The average Bonchev–Trinajstić information content (AvgIpc) is 2.79. The monoisotopic (exact) mass is 438 g/mol. The topological polar surface area (TPSA) is 84.0 Å². The van der Waals surface area contributed by atoms with Gasteiger partial charge in [0.25, 0.3) is 10.0 Å². The number of nitrogens with zero attached hydrogens (tertiary/aromatic N) is 2. The highest BCUT2D eigenvalue weighted by Crippen LogP contribution is 2.28. The number of benzene rings is 4. The molecule has 0 saturated heterocycles. The molecule has 5 aromatic rings. The summed E-state index contributed by atoms with van der Waals surface area (Å²) in [5, 5.41) is 5.42. The second-order valence-electron chi connectivity index (χ2n) is 7.52. The molecule has 8 heteroatoms. The van der Waals surface area contributed by atoms with Gasteiger partial charge in [-0.05, 0) is 47.2 Å². The van der Waals surface area contributed by atoms with Gasteiger partial charge >= 0.3 is 0 Å². The summed E-state index contributed by atoms with van der Waals surface area (Å²) in [6.07, 6.45) is 0. The predicted molar refractivity (Wildman–Crippen MR) is 132 cm³/mol. The first-order chi connectivity index (χ1) is 15.5. The number of sulfonamides is 1. The van der Waals surface area contributed by atoms with E-state index in [0.717, 1.165) is 21.9 Å². The van der Waals surface area contributed by atoms with Gasteiger partial charge in [-0.3, -0.25) is 4.72 Å². The van der Waals surface area contributed by atoms with E-state index in [0.29, 0.717) is 16.9 Å². The molecule has 0 fully saturated rings. The van der Waals surface area contributed by atoms with Crippen molar-refractivity contribution in [1.29, 1.82) is 0 Å². The molecule has 0 radical (unpaired) electrons. The van der Waals surface area contributed by atoms with Crippen molar-refractivity contribution < 1.29 is 8.42 Å². The lowest BCUT2D eigenvalue weighted by atomic mass is 9.97. The van der Waals surface area contributed by atoms with Crippen LogP contribution >= 0.6 is 0 Å². The standard InChI is InChI=1S/C24H19BN4O2S/c25-18-10-13-20(14-11-18)32(30,31)29-24-23(27-21-7-3-4-8-22(21)28-24)26-19-12-9-16-5-1-2-6-17(16)15-19/h1-15H,25H2,(H,26,27)(H,28,29). The minimum atomic E-state index is -3.84. The van der Waals surface area contributed by atoms with E-state index in [1.54, 1.807) is 30.3 Å². The maximum Gasteiger partial charge on any atom is 0.263 e. The smallest absolute Gasteiger partial charge is 0.263 e. The fraction of sp³-hybridized carbons (Fsp3) is 0. The predicted octanol–water partition coefficient (Wildman–Crippen LogP) is 3.59. The molecule has 0 spiro atoms. The quantitative estimate of drug-likeness (QED) is 0.410. The van der Waals surface area contributed by atoms with E-state index in [9.17, 15) is 8.42 Å². The van der Waals surface area contributed by atoms with Crippen molar-refractivity contribution in [1.82, 2.24) is 9.97 Å². The Balaban J connectivity index is 1.57. The van der Waals surface area contributed by atoms with E-state index in [4.69, 9.17) is 0 Å². The molecule has 4 aromatic carbocycles. The zero-order chi connectivity index (χ0) is 22.1. The third-order valence-electron chi connectivity index (χ3n) is 5.15. The first-order valence-electron chi connectivity index (χ1n) is 10.1. The summed E-state index contributed by atoms with van der Waals surface area (Å²) in [6, 6.07) is 27.9. The van der Waals surface area contributed by atoms with Gasteiger partial charge in [-0.25, -0.2) is 18.4 Å². The van der Waals surface area contributed by atoms with Crippen molar-refractivity contribution in [2.24, 2.45) is 0 Å². The summed E-state index contributed by atoms with van der Waals surface area (Å²) in [4.78, 5) is 9.35. The zero-order valence-electron chi connectivity index (χ0n) is 17.3. The second kappa shape index (κ2) is 7.98. The highest BCUT2D eigenvalue weighted by atomic mass is 32.2. The van der Waals surface area contributed by atoms with Gasteiger partial charge in [0.05, 0.1) is 15.9 Å². The first-order valence-corrected chi connectivity index (χ1v) is 11.6. The van der Waals surface area contributed by atoms with Crippen molar-refractivity contribution in [2.45, 2.75) is 4.90 Å². The number of aromatic nitrogens is 2. The minimum Gasteiger partial charge on any atom is -0.337 e. The highest BCUT2D eigenvalue weighted by Gasteiger charge is 2.19. The van der Waals surface area contributed by atoms with Gasteiger partial charge in [0, 0.05) is 5.69 Å². The maximum atomic E-state index is 13.0. The molecule has 1 heterocycles. The fourth-order valence-electron chi connectivity index (χ4n) is 3.47. The molecule has 2 N–H and O–H groups in total. The van der Waals surface area contributed by atoms with Crippen LogP contribution in [0.25, 0.3) is 21.8 Å². The van der Waals surface area contributed by atoms with Crippen LogP contribution < -0.4 is 15.5 Å².